The summed E-state index contributed by atoms with van der Waals surface area (Å²) in [5.41, 5.74) is 0.697. The van der Waals surface area contributed by atoms with Crippen LogP contribution in [0.5, 0.6) is 0 Å². The summed E-state index contributed by atoms with van der Waals surface area (Å²) in [6, 6.07) is 10.3. The quantitative estimate of drug-likeness (QED) is 0.923. The molecule has 3 rings (SSSR count). The Hall–Kier alpha value is -2.11. The minimum absolute atomic E-state index is 0.100. The molecule has 1 aliphatic rings. The van der Waals surface area contributed by atoms with E-state index in [1.165, 1.54) is 6.20 Å². The Balaban J connectivity index is 1.69. The van der Waals surface area contributed by atoms with Gasteiger partial charge in [0.25, 0.3) is 0 Å². The molecule has 5 nitrogen and oxygen atoms in total. The minimum atomic E-state index is -0.432. The van der Waals surface area contributed by atoms with Gasteiger partial charge in [0.15, 0.2) is 0 Å². The topological polar surface area (TPSA) is 62.3 Å². The molecule has 23 heavy (non-hydrogen) atoms. The summed E-state index contributed by atoms with van der Waals surface area (Å²) in [5, 5.41) is 3.74. The second kappa shape index (κ2) is 6.56. The zero-order valence-electron chi connectivity index (χ0n) is 12.0. The third-order valence-corrected chi connectivity index (χ3v) is 4.05. The lowest BCUT2D eigenvalue weighted by molar-refractivity contribution is -0.122. The molecule has 2 aromatic rings. The lowest BCUT2D eigenvalue weighted by atomic mass is 10.1. The molecule has 2 heterocycles. The Morgan fingerprint density at radius 3 is 2.74 bits per heavy atom. The molecule has 0 bridgehead atoms. The van der Waals surface area contributed by atoms with E-state index in [-0.39, 0.29) is 18.2 Å². The summed E-state index contributed by atoms with van der Waals surface area (Å²) in [4.78, 5) is 30.1. The van der Waals surface area contributed by atoms with E-state index in [9.17, 15) is 9.59 Å². The molecule has 2 amide bonds. The molecule has 1 N–H and O–H groups in total. The Morgan fingerprint density at radius 2 is 2.04 bits per heavy atom. The molecule has 1 atom stereocenters. The molecule has 0 spiro atoms. The number of anilines is 2. The smallest absolute Gasteiger partial charge is 0.230 e. The predicted octanol–water partition coefficient (Wildman–Crippen LogP) is 3.38. The van der Waals surface area contributed by atoms with Gasteiger partial charge in [-0.05, 0) is 30.3 Å². The van der Waals surface area contributed by atoms with Gasteiger partial charge >= 0.3 is 0 Å². The van der Waals surface area contributed by atoms with Gasteiger partial charge in [-0.25, -0.2) is 4.98 Å². The number of pyridine rings is 1. The van der Waals surface area contributed by atoms with Crippen molar-refractivity contribution in [3.05, 3.63) is 52.6 Å². The SMILES string of the molecule is O=C(Nc1ccc(Cl)cn1)[C@@H]1CC(=O)N(c2cccc(Cl)c2)C1. The van der Waals surface area contributed by atoms with Crippen LogP contribution in [0.3, 0.4) is 0 Å². The van der Waals surface area contributed by atoms with Gasteiger partial charge in [0.05, 0.1) is 10.9 Å². The van der Waals surface area contributed by atoms with Crippen molar-refractivity contribution >= 4 is 46.5 Å². The summed E-state index contributed by atoms with van der Waals surface area (Å²) in [7, 11) is 0. The van der Waals surface area contributed by atoms with Gasteiger partial charge in [0.2, 0.25) is 11.8 Å². The third kappa shape index (κ3) is 3.63. The molecular formula is C16H13Cl2N3O2. The van der Waals surface area contributed by atoms with E-state index in [4.69, 9.17) is 23.2 Å². The number of carbonyl (C=O) groups excluding carboxylic acids is 2. The normalized spacial score (nSPS) is 17.4. The fourth-order valence-electron chi connectivity index (χ4n) is 2.45. The second-order valence-corrected chi connectivity index (χ2v) is 6.11. The summed E-state index contributed by atoms with van der Waals surface area (Å²) < 4.78 is 0. The molecule has 0 aliphatic carbocycles. The molecular weight excluding hydrogens is 337 g/mol. The maximum absolute atomic E-state index is 12.3. The van der Waals surface area contributed by atoms with Gasteiger partial charge in [0.1, 0.15) is 5.82 Å². The summed E-state index contributed by atoms with van der Waals surface area (Å²) >= 11 is 11.7. The van der Waals surface area contributed by atoms with Crippen molar-refractivity contribution in [3.63, 3.8) is 0 Å². The van der Waals surface area contributed by atoms with E-state index < -0.39 is 5.92 Å². The molecule has 7 heteroatoms. The number of nitrogens with zero attached hydrogens (tertiary/aromatic N) is 2. The van der Waals surface area contributed by atoms with Gasteiger partial charge in [-0.1, -0.05) is 29.3 Å². The number of benzene rings is 1. The molecule has 1 aromatic heterocycles. The van der Waals surface area contributed by atoms with E-state index in [1.54, 1.807) is 41.3 Å². The molecule has 1 aromatic carbocycles. The van der Waals surface area contributed by atoms with Crippen LogP contribution in [0.1, 0.15) is 6.42 Å². The number of nitrogens with one attached hydrogen (secondary N) is 1. The van der Waals surface area contributed by atoms with Gasteiger partial charge in [-0.15, -0.1) is 0 Å². The number of aromatic nitrogens is 1. The maximum atomic E-state index is 12.3. The van der Waals surface area contributed by atoms with Crippen molar-refractivity contribution in [2.75, 3.05) is 16.8 Å². The van der Waals surface area contributed by atoms with Crippen molar-refractivity contribution in [1.82, 2.24) is 4.98 Å². The van der Waals surface area contributed by atoms with Gasteiger partial charge in [0, 0.05) is 29.9 Å². The van der Waals surface area contributed by atoms with Gasteiger partial charge < -0.3 is 10.2 Å². The lowest BCUT2D eigenvalue weighted by Gasteiger charge is -2.16. The second-order valence-electron chi connectivity index (χ2n) is 5.24. The Morgan fingerprint density at radius 1 is 1.22 bits per heavy atom. The van der Waals surface area contributed by atoms with E-state index >= 15 is 0 Å². The van der Waals surface area contributed by atoms with Crippen LogP contribution in [-0.4, -0.2) is 23.3 Å². The fraction of sp³-hybridized carbons (Fsp3) is 0.188. The maximum Gasteiger partial charge on any atom is 0.230 e. The summed E-state index contributed by atoms with van der Waals surface area (Å²) in [6.45, 7) is 0.318. The Kier molecular flexibility index (Phi) is 4.50. The van der Waals surface area contributed by atoms with Crippen LogP contribution in [-0.2, 0) is 9.59 Å². The van der Waals surface area contributed by atoms with Crippen molar-refractivity contribution in [1.29, 1.82) is 0 Å². The van der Waals surface area contributed by atoms with E-state index in [1.807, 2.05) is 0 Å². The molecule has 1 fully saturated rings. The average Bonchev–Trinajstić information content (AvgIpc) is 2.92. The number of hydrogen-bond acceptors (Lipinski definition) is 3. The van der Waals surface area contributed by atoms with E-state index in [0.29, 0.717) is 28.1 Å². The number of hydrogen-bond donors (Lipinski definition) is 1. The molecule has 0 unspecified atom stereocenters. The average molecular weight is 350 g/mol. The first-order valence-corrected chi connectivity index (χ1v) is 7.77. The van der Waals surface area contributed by atoms with Crippen LogP contribution in [0.25, 0.3) is 0 Å². The van der Waals surface area contributed by atoms with Crippen LogP contribution >= 0.6 is 23.2 Å². The highest BCUT2D eigenvalue weighted by Gasteiger charge is 2.35. The first-order valence-electron chi connectivity index (χ1n) is 7.01. The summed E-state index contributed by atoms with van der Waals surface area (Å²) in [6.07, 6.45) is 1.61. The molecule has 118 valence electrons. The number of amides is 2. The summed E-state index contributed by atoms with van der Waals surface area (Å²) in [5.74, 6) is -0.360. The number of rotatable bonds is 3. The monoisotopic (exact) mass is 349 g/mol. The third-order valence-electron chi connectivity index (χ3n) is 3.59. The van der Waals surface area contributed by atoms with Crippen molar-refractivity contribution in [3.8, 4) is 0 Å². The van der Waals surface area contributed by atoms with Crippen molar-refractivity contribution in [2.45, 2.75) is 6.42 Å². The van der Waals surface area contributed by atoms with Crippen LogP contribution < -0.4 is 10.2 Å². The Bertz CT molecular complexity index is 749. The van der Waals surface area contributed by atoms with Crippen LogP contribution in [0, 0.1) is 5.92 Å². The molecule has 1 aliphatic heterocycles. The standard InChI is InChI=1S/C16H13Cl2N3O2/c17-11-2-1-3-13(7-11)21-9-10(6-15(21)22)16(23)20-14-5-4-12(18)8-19-14/h1-5,7-8,10H,6,9H2,(H,19,20,23)/t10-/m1/s1. The highest BCUT2D eigenvalue weighted by atomic mass is 35.5. The van der Waals surface area contributed by atoms with Crippen molar-refractivity contribution in [2.24, 2.45) is 5.92 Å². The Labute approximate surface area is 143 Å². The fourth-order valence-corrected chi connectivity index (χ4v) is 2.75. The minimum Gasteiger partial charge on any atom is -0.312 e. The number of halogens is 2. The highest BCUT2D eigenvalue weighted by molar-refractivity contribution is 6.31. The highest BCUT2D eigenvalue weighted by Crippen LogP contribution is 2.27. The van der Waals surface area contributed by atoms with E-state index in [0.717, 1.165) is 0 Å². The van der Waals surface area contributed by atoms with Crippen LogP contribution in [0.2, 0.25) is 10.0 Å². The molecule has 1 saturated heterocycles. The number of carbonyl (C=O) groups is 2. The first kappa shape index (κ1) is 15.8. The predicted molar refractivity (Wildman–Crippen MR) is 89.8 cm³/mol. The molecule has 0 saturated carbocycles. The van der Waals surface area contributed by atoms with Gasteiger partial charge in [-0.3, -0.25) is 9.59 Å². The van der Waals surface area contributed by atoms with Crippen LogP contribution in [0.4, 0.5) is 11.5 Å². The first-order chi connectivity index (χ1) is 11.0. The van der Waals surface area contributed by atoms with Crippen molar-refractivity contribution < 1.29 is 9.59 Å². The van der Waals surface area contributed by atoms with E-state index in [2.05, 4.69) is 10.3 Å². The zero-order chi connectivity index (χ0) is 16.4. The van der Waals surface area contributed by atoms with Gasteiger partial charge in [-0.2, -0.15) is 0 Å². The largest absolute Gasteiger partial charge is 0.312 e. The molecule has 0 radical (unpaired) electrons. The van der Waals surface area contributed by atoms with Crippen LogP contribution in [0.15, 0.2) is 42.6 Å². The lowest BCUT2D eigenvalue weighted by Crippen LogP contribution is -2.28. The zero-order valence-corrected chi connectivity index (χ0v) is 13.5.